The van der Waals surface area contributed by atoms with Crippen molar-refractivity contribution in [3.8, 4) is 0 Å². The summed E-state index contributed by atoms with van der Waals surface area (Å²) in [4.78, 5) is 38.3. The number of para-hydroxylation sites is 1. The number of anilines is 1. The number of carbonyl (C=O) groups is 3. The van der Waals surface area contributed by atoms with Crippen molar-refractivity contribution in [2.75, 3.05) is 5.32 Å². The number of fused-ring (bicyclic) bond motifs is 1. The van der Waals surface area contributed by atoms with E-state index >= 15 is 0 Å². The van der Waals surface area contributed by atoms with Crippen LogP contribution in [0.5, 0.6) is 0 Å². The predicted molar refractivity (Wildman–Crippen MR) is 96.7 cm³/mol. The van der Waals surface area contributed by atoms with Gasteiger partial charge in [-0.15, -0.1) is 0 Å². The normalized spacial score (nSPS) is 22.4. The van der Waals surface area contributed by atoms with Gasteiger partial charge >= 0.3 is 11.9 Å². The molecule has 2 aromatic rings. The lowest BCUT2D eigenvalue weighted by Crippen LogP contribution is -2.49. The highest BCUT2D eigenvalue weighted by Crippen LogP contribution is 2.47. The van der Waals surface area contributed by atoms with Gasteiger partial charge in [-0.2, -0.15) is 0 Å². The molecule has 2 aliphatic rings. The quantitative estimate of drug-likeness (QED) is 0.668. The van der Waals surface area contributed by atoms with Gasteiger partial charge < -0.3 is 14.8 Å². The molecule has 1 fully saturated rings. The Labute approximate surface area is 156 Å². The van der Waals surface area contributed by atoms with Crippen molar-refractivity contribution >= 4 is 23.5 Å². The van der Waals surface area contributed by atoms with E-state index in [0.717, 1.165) is 5.56 Å². The number of hydrogen-bond donors (Lipinski definition) is 1. The molecule has 1 amide bonds. The highest BCUT2D eigenvalue weighted by Gasteiger charge is 2.52. The molecule has 1 N–H and O–H groups in total. The summed E-state index contributed by atoms with van der Waals surface area (Å²) in [5.41, 5.74) is 2.14. The third-order valence-corrected chi connectivity index (χ3v) is 4.94. The maximum Gasteiger partial charge on any atom is 0.324 e. The topological polar surface area (TPSA) is 81.7 Å². The third kappa shape index (κ3) is 2.97. The summed E-state index contributed by atoms with van der Waals surface area (Å²) in [6, 6.07) is 16.4. The van der Waals surface area contributed by atoms with Gasteiger partial charge in [0.05, 0.1) is 5.92 Å². The van der Waals surface area contributed by atoms with Crippen LogP contribution in [0.1, 0.15) is 36.8 Å². The number of hydrogen-bond acceptors (Lipinski definition) is 5. The molecule has 2 aliphatic heterocycles. The first-order valence-electron chi connectivity index (χ1n) is 8.78. The van der Waals surface area contributed by atoms with E-state index in [0.29, 0.717) is 11.3 Å². The van der Waals surface area contributed by atoms with Gasteiger partial charge in [0.25, 0.3) is 5.79 Å². The monoisotopic (exact) mass is 365 g/mol. The molecule has 2 heterocycles. The van der Waals surface area contributed by atoms with Crippen LogP contribution in [-0.4, -0.2) is 23.6 Å². The van der Waals surface area contributed by atoms with Gasteiger partial charge in [-0.05, 0) is 17.2 Å². The molecule has 27 heavy (non-hydrogen) atoms. The second-order valence-corrected chi connectivity index (χ2v) is 7.21. The van der Waals surface area contributed by atoms with Crippen LogP contribution in [-0.2, 0) is 23.9 Å². The molecule has 138 valence electrons. The van der Waals surface area contributed by atoms with Crippen LogP contribution in [0.3, 0.4) is 0 Å². The van der Waals surface area contributed by atoms with Gasteiger partial charge in [-0.25, -0.2) is 0 Å². The molecule has 2 atom stereocenters. The summed E-state index contributed by atoms with van der Waals surface area (Å²) in [5, 5.41) is 2.84. The largest absolute Gasteiger partial charge is 0.422 e. The minimum absolute atomic E-state index is 0.254. The van der Waals surface area contributed by atoms with Crippen LogP contribution < -0.4 is 5.32 Å². The fourth-order valence-electron chi connectivity index (χ4n) is 3.86. The average Bonchev–Trinajstić information content (AvgIpc) is 2.93. The van der Waals surface area contributed by atoms with Gasteiger partial charge in [0.2, 0.25) is 5.91 Å². The molecule has 0 saturated carbocycles. The summed E-state index contributed by atoms with van der Waals surface area (Å²) < 4.78 is 10.7. The molecule has 0 aliphatic carbocycles. The lowest BCUT2D eigenvalue weighted by molar-refractivity contribution is -0.241. The Balaban J connectivity index is 1.84. The first-order chi connectivity index (χ1) is 12.9. The molecular formula is C21H19NO5. The fourth-order valence-corrected chi connectivity index (χ4v) is 3.86. The van der Waals surface area contributed by atoms with Gasteiger partial charge in [0.1, 0.15) is 0 Å². The van der Waals surface area contributed by atoms with Crippen LogP contribution in [0, 0.1) is 5.92 Å². The molecular weight excluding hydrogens is 346 g/mol. The predicted octanol–water partition coefficient (Wildman–Crippen LogP) is 2.96. The number of carbonyl (C=O) groups excluding carboxylic acids is 3. The second kappa shape index (κ2) is 6.23. The Kier molecular flexibility index (Phi) is 3.98. The summed E-state index contributed by atoms with van der Waals surface area (Å²) in [5.74, 6) is -5.58. The van der Waals surface area contributed by atoms with Crippen molar-refractivity contribution < 1.29 is 23.9 Å². The number of ether oxygens (including phenoxy) is 2. The minimum Gasteiger partial charge on any atom is -0.422 e. The van der Waals surface area contributed by atoms with E-state index in [1.165, 1.54) is 13.8 Å². The van der Waals surface area contributed by atoms with E-state index in [2.05, 4.69) is 5.32 Å². The fraction of sp³-hybridized carbons (Fsp3) is 0.286. The molecule has 0 aromatic heterocycles. The van der Waals surface area contributed by atoms with Crippen LogP contribution in [0.2, 0.25) is 0 Å². The summed E-state index contributed by atoms with van der Waals surface area (Å²) >= 11 is 0. The maximum absolute atomic E-state index is 12.8. The average molecular weight is 365 g/mol. The van der Waals surface area contributed by atoms with Crippen LogP contribution in [0.4, 0.5) is 5.69 Å². The molecule has 0 spiro atoms. The second-order valence-electron chi connectivity index (χ2n) is 7.21. The van der Waals surface area contributed by atoms with E-state index in [-0.39, 0.29) is 5.91 Å². The molecule has 6 heteroatoms. The van der Waals surface area contributed by atoms with Crippen LogP contribution >= 0.6 is 0 Å². The number of rotatable bonds is 3. The Hall–Kier alpha value is -3.15. The highest BCUT2D eigenvalue weighted by molar-refractivity contribution is 6.06. The summed E-state index contributed by atoms with van der Waals surface area (Å²) in [7, 11) is 0. The minimum atomic E-state index is -1.32. The van der Waals surface area contributed by atoms with Crippen molar-refractivity contribution in [2.45, 2.75) is 31.5 Å². The van der Waals surface area contributed by atoms with E-state index in [9.17, 15) is 14.4 Å². The highest BCUT2D eigenvalue weighted by atomic mass is 16.7. The lowest BCUT2D eigenvalue weighted by atomic mass is 9.74. The number of nitrogens with one attached hydrogen (secondary N) is 1. The molecule has 2 aromatic carbocycles. The molecule has 6 nitrogen and oxygen atoms in total. The Morgan fingerprint density at radius 2 is 1.44 bits per heavy atom. The maximum atomic E-state index is 12.8. The number of esters is 2. The zero-order chi connectivity index (χ0) is 19.2. The molecule has 2 unspecified atom stereocenters. The van der Waals surface area contributed by atoms with Gasteiger partial charge in [-0.3, -0.25) is 14.4 Å². The van der Waals surface area contributed by atoms with Crippen molar-refractivity contribution in [1.29, 1.82) is 0 Å². The first-order valence-corrected chi connectivity index (χ1v) is 8.78. The SMILES string of the molecule is CC1(C)OC(=O)C(C(c2ccccc2)C2C(=O)Nc3ccccc32)C(=O)O1. The van der Waals surface area contributed by atoms with Crippen molar-refractivity contribution in [1.82, 2.24) is 0 Å². The Bertz CT molecular complexity index is 901. The zero-order valence-electron chi connectivity index (χ0n) is 15.0. The third-order valence-electron chi connectivity index (χ3n) is 4.94. The first kappa shape index (κ1) is 17.3. The van der Waals surface area contributed by atoms with E-state index in [1.807, 2.05) is 36.4 Å². The van der Waals surface area contributed by atoms with Crippen LogP contribution in [0.15, 0.2) is 54.6 Å². The van der Waals surface area contributed by atoms with E-state index in [4.69, 9.17) is 9.47 Å². The van der Waals surface area contributed by atoms with Crippen molar-refractivity contribution in [3.63, 3.8) is 0 Å². The standard InChI is InChI=1S/C21H19NO5/c1-21(2)26-19(24)17(20(25)27-21)15(12-8-4-3-5-9-12)16-13-10-6-7-11-14(13)22-18(16)23/h3-11,15-17H,1-2H3,(H,22,23). The number of cyclic esters (lactones) is 2. The molecule has 0 bridgehead atoms. The molecule has 4 rings (SSSR count). The van der Waals surface area contributed by atoms with Crippen LogP contribution in [0.25, 0.3) is 0 Å². The zero-order valence-corrected chi connectivity index (χ0v) is 15.0. The number of amides is 1. The smallest absolute Gasteiger partial charge is 0.324 e. The number of benzene rings is 2. The van der Waals surface area contributed by atoms with Gasteiger partial charge in [-0.1, -0.05) is 48.5 Å². The Morgan fingerprint density at radius 1 is 0.852 bits per heavy atom. The summed E-state index contributed by atoms with van der Waals surface area (Å²) in [6.45, 7) is 3.02. The Morgan fingerprint density at radius 3 is 2.11 bits per heavy atom. The van der Waals surface area contributed by atoms with E-state index in [1.54, 1.807) is 18.2 Å². The molecule has 0 radical (unpaired) electrons. The van der Waals surface area contributed by atoms with E-state index < -0.39 is 35.5 Å². The van der Waals surface area contributed by atoms with Gasteiger partial charge in [0.15, 0.2) is 5.92 Å². The van der Waals surface area contributed by atoms with Crippen molar-refractivity contribution in [2.24, 2.45) is 5.92 Å². The summed E-state index contributed by atoms with van der Waals surface area (Å²) in [6.07, 6.45) is 0. The lowest BCUT2D eigenvalue weighted by Gasteiger charge is -2.37. The molecule has 1 saturated heterocycles. The van der Waals surface area contributed by atoms with Gasteiger partial charge in [0, 0.05) is 25.5 Å². The van der Waals surface area contributed by atoms with Crippen molar-refractivity contribution in [3.05, 3.63) is 65.7 Å².